The van der Waals surface area contributed by atoms with Crippen LogP contribution in [0.3, 0.4) is 0 Å². The van der Waals surface area contributed by atoms with Gasteiger partial charge in [-0.05, 0) is 49.1 Å². The molecule has 206 valence electrons. The van der Waals surface area contributed by atoms with E-state index in [1.54, 1.807) is 12.1 Å². The van der Waals surface area contributed by atoms with Crippen LogP contribution in [0.25, 0.3) is 5.57 Å². The number of nitrogens with one attached hydrogen (secondary N) is 2. The maximum atomic E-state index is 13.4. The summed E-state index contributed by atoms with van der Waals surface area (Å²) in [6.07, 6.45) is -0.0455. The Morgan fingerprint density at radius 2 is 1.89 bits per heavy atom. The molecule has 4 heterocycles. The highest BCUT2D eigenvalue weighted by molar-refractivity contribution is 7.89. The molecule has 0 aliphatic carbocycles. The van der Waals surface area contributed by atoms with Gasteiger partial charge in [0.1, 0.15) is 11.7 Å². The van der Waals surface area contributed by atoms with Crippen LogP contribution in [0.5, 0.6) is 5.88 Å². The molecule has 0 amide bonds. The second-order valence-corrected chi connectivity index (χ2v) is 11.5. The van der Waals surface area contributed by atoms with Crippen LogP contribution < -0.4 is 15.4 Å². The normalized spacial score (nSPS) is 21.8. The van der Waals surface area contributed by atoms with E-state index in [9.17, 15) is 21.6 Å². The van der Waals surface area contributed by atoms with Crippen molar-refractivity contribution in [1.82, 2.24) is 19.6 Å². The van der Waals surface area contributed by atoms with Crippen LogP contribution in [0.1, 0.15) is 36.8 Å². The predicted octanol–water partition coefficient (Wildman–Crippen LogP) is 3.31. The van der Waals surface area contributed by atoms with E-state index in [-0.39, 0.29) is 36.6 Å². The van der Waals surface area contributed by atoms with Crippen LogP contribution in [-0.4, -0.2) is 74.2 Å². The van der Waals surface area contributed by atoms with E-state index in [1.807, 2.05) is 12.1 Å². The second-order valence-electron chi connectivity index (χ2n) is 9.54. The smallest absolute Gasteiger partial charge is 0.423 e. The molecule has 13 heteroatoms. The Hall–Kier alpha value is -2.74. The fourth-order valence-electron chi connectivity index (χ4n) is 4.78. The van der Waals surface area contributed by atoms with Gasteiger partial charge in [0.15, 0.2) is 0 Å². The molecule has 2 fully saturated rings. The maximum Gasteiger partial charge on any atom is 0.423 e. The number of sulfonamides is 1. The van der Waals surface area contributed by atoms with Gasteiger partial charge < -0.3 is 20.1 Å². The molecule has 5 rings (SSSR count). The Balaban J connectivity index is 1.21. The minimum absolute atomic E-state index is 0.0102. The molecule has 9 nitrogen and oxygen atoms in total. The Morgan fingerprint density at radius 3 is 2.53 bits per heavy atom. The topological polar surface area (TPSA) is 106 Å². The summed E-state index contributed by atoms with van der Waals surface area (Å²) in [6, 6.07) is 6.78. The first kappa shape index (κ1) is 26.9. The average Bonchev–Trinajstić information content (AvgIpc) is 3.42. The first-order valence-corrected chi connectivity index (χ1v) is 14.1. The van der Waals surface area contributed by atoms with Gasteiger partial charge in [0, 0.05) is 38.3 Å². The van der Waals surface area contributed by atoms with Crippen LogP contribution in [0.15, 0.2) is 41.4 Å². The van der Waals surface area contributed by atoms with Gasteiger partial charge in [0.05, 0.1) is 18.1 Å². The molecule has 0 bridgehead atoms. The second kappa shape index (κ2) is 11.2. The number of anilines is 1. The number of piperidine rings is 1. The zero-order chi connectivity index (χ0) is 26.8. The van der Waals surface area contributed by atoms with Gasteiger partial charge in [0.2, 0.25) is 21.9 Å². The largest absolute Gasteiger partial charge is 0.471 e. The molecular weight excluding hydrogens is 523 g/mol. The monoisotopic (exact) mass is 553 g/mol. The van der Waals surface area contributed by atoms with Crippen molar-refractivity contribution >= 4 is 21.5 Å². The lowest BCUT2D eigenvalue weighted by Gasteiger charge is -2.31. The number of ether oxygens (including phenoxy) is 2. The molecule has 1 aromatic carbocycles. The lowest BCUT2D eigenvalue weighted by molar-refractivity contribution is -0.139. The van der Waals surface area contributed by atoms with Gasteiger partial charge in [-0.15, -0.1) is 0 Å². The van der Waals surface area contributed by atoms with E-state index in [0.29, 0.717) is 32.1 Å². The number of aromatic nitrogens is 2. The standard InChI is InChI=1S/C25H30F3N5O4S/c26-25(27,28)22-15-30-24(32-23(22)37-20-9-14-36-16-20)31-19-7-12-33(13-8-19)38(34,35)21-3-1-17(2-4-21)18-5-10-29-11-6-18/h1-5,15,19-20,29H,6-14,16H2,(H,30,31,32)/t20-/m0/s1. The van der Waals surface area contributed by atoms with Crippen LogP contribution >= 0.6 is 0 Å². The minimum Gasteiger partial charge on any atom is -0.471 e. The van der Waals surface area contributed by atoms with Gasteiger partial charge in [-0.2, -0.15) is 22.5 Å². The number of nitrogens with zero attached hydrogens (tertiary/aromatic N) is 3. The van der Waals surface area contributed by atoms with Crippen molar-refractivity contribution in [3.8, 4) is 5.88 Å². The van der Waals surface area contributed by atoms with Gasteiger partial charge in [-0.25, -0.2) is 13.4 Å². The van der Waals surface area contributed by atoms with Gasteiger partial charge in [-0.3, -0.25) is 0 Å². The Bertz CT molecular complexity index is 1260. The van der Waals surface area contributed by atoms with E-state index in [0.717, 1.165) is 25.1 Å². The number of alkyl halides is 3. The maximum absolute atomic E-state index is 13.4. The van der Waals surface area contributed by atoms with Crippen molar-refractivity contribution in [2.45, 2.75) is 48.9 Å². The van der Waals surface area contributed by atoms with Crippen LogP contribution in [0, 0.1) is 0 Å². The predicted molar refractivity (Wildman–Crippen MR) is 134 cm³/mol. The minimum atomic E-state index is -4.66. The molecule has 0 saturated carbocycles. The van der Waals surface area contributed by atoms with Crippen molar-refractivity contribution in [3.63, 3.8) is 0 Å². The van der Waals surface area contributed by atoms with E-state index >= 15 is 0 Å². The summed E-state index contributed by atoms with van der Waals surface area (Å²) in [6.45, 7) is 2.86. The van der Waals surface area contributed by atoms with Crippen molar-refractivity contribution < 1.29 is 31.1 Å². The lowest BCUT2D eigenvalue weighted by atomic mass is 10.0. The van der Waals surface area contributed by atoms with Crippen LogP contribution in [0.4, 0.5) is 19.1 Å². The molecular formula is C25H30F3N5O4S. The van der Waals surface area contributed by atoms with Gasteiger partial charge >= 0.3 is 6.18 Å². The quantitative estimate of drug-likeness (QED) is 0.538. The highest BCUT2D eigenvalue weighted by Crippen LogP contribution is 2.36. The Labute approximate surface area is 219 Å². The zero-order valence-electron chi connectivity index (χ0n) is 20.7. The molecule has 1 atom stereocenters. The van der Waals surface area contributed by atoms with E-state index < -0.39 is 33.7 Å². The summed E-state index contributed by atoms with van der Waals surface area (Å²) < 4.78 is 78.9. The number of halogens is 3. The summed E-state index contributed by atoms with van der Waals surface area (Å²) in [5, 5.41) is 6.31. The molecule has 2 saturated heterocycles. The molecule has 0 radical (unpaired) electrons. The summed E-state index contributed by atoms with van der Waals surface area (Å²) >= 11 is 0. The summed E-state index contributed by atoms with van der Waals surface area (Å²) in [4.78, 5) is 8.08. The summed E-state index contributed by atoms with van der Waals surface area (Å²) in [5.41, 5.74) is 1.18. The molecule has 0 unspecified atom stereocenters. The molecule has 38 heavy (non-hydrogen) atoms. The first-order chi connectivity index (χ1) is 18.2. The van der Waals surface area contributed by atoms with Crippen LogP contribution in [-0.2, 0) is 20.9 Å². The van der Waals surface area contributed by atoms with Gasteiger partial charge in [-0.1, -0.05) is 18.2 Å². The number of hydrogen-bond donors (Lipinski definition) is 2. The molecule has 2 N–H and O–H groups in total. The summed E-state index contributed by atoms with van der Waals surface area (Å²) in [5.74, 6) is -0.523. The Kier molecular flexibility index (Phi) is 7.89. The van der Waals surface area contributed by atoms with E-state index in [4.69, 9.17) is 9.47 Å². The summed E-state index contributed by atoms with van der Waals surface area (Å²) in [7, 11) is -3.66. The zero-order valence-corrected chi connectivity index (χ0v) is 21.5. The number of benzene rings is 1. The molecule has 3 aliphatic heterocycles. The van der Waals surface area contributed by atoms with Gasteiger partial charge in [0.25, 0.3) is 0 Å². The number of hydrogen-bond acceptors (Lipinski definition) is 8. The van der Waals surface area contributed by atoms with Crippen molar-refractivity contribution in [2.75, 3.05) is 44.7 Å². The molecule has 2 aromatic rings. The first-order valence-electron chi connectivity index (χ1n) is 12.7. The van der Waals surface area contributed by atoms with E-state index in [1.165, 1.54) is 9.88 Å². The average molecular weight is 554 g/mol. The fourth-order valence-corrected chi connectivity index (χ4v) is 6.25. The third-order valence-corrected chi connectivity index (χ3v) is 8.85. The van der Waals surface area contributed by atoms with E-state index in [2.05, 4.69) is 26.7 Å². The Morgan fingerprint density at radius 1 is 1.13 bits per heavy atom. The highest BCUT2D eigenvalue weighted by Gasteiger charge is 2.38. The van der Waals surface area contributed by atoms with Crippen molar-refractivity contribution in [2.24, 2.45) is 0 Å². The van der Waals surface area contributed by atoms with Crippen LogP contribution in [0.2, 0.25) is 0 Å². The highest BCUT2D eigenvalue weighted by atomic mass is 32.2. The van der Waals surface area contributed by atoms with Crippen molar-refractivity contribution in [1.29, 1.82) is 0 Å². The SMILES string of the molecule is O=S(=O)(c1ccc(C2=CCNCC2)cc1)N1CCC(Nc2ncc(C(F)(F)F)c(O[C@H]3CCOC3)n2)CC1. The molecule has 3 aliphatic rings. The third kappa shape index (κ3) is 6.11. The molecule has 1 aromatic heterocycles. The van der Waals surface area contributed by atoms with Crippen molar-refractivity contribution in [3.05, 3.63) is 47.7 Å². The number of rotatable bonds is 7. The lowest BCUT2D eigenvalue weighted by Crippen LogP contribution is -2.42. The molecule has 0 spiro atoms. The fraction of sp³-hybridized carbons (Fsp3) is 0.520. The third-order valence-electron chi connectivity index (χ3n) is 6.94.